The Hall–Kier alpha value is -1.04. The van der Waals surface area contributed by atoms with Crippen molar-refractivity contribution in [3.63, 3.8) is 0 Å². The molecule has 0 heterocycles. The van der Waals surface area contributed by atoms with Crippen LogP contribution in [-0.4, -0.2) is 77.0 Å². The van der Waals surface area contributed by atoms with Gasteiger partial charge in [0.25, 0.3) is 0 Å². The molecule has 4 aromatic rings. The Morgan fingerprint density at radius 2 is 0.597 bits per heavy atom. The molecular weight excluding hydrogens is 1230 g/mol. The van der Waals surface area contributed by atoms with Gasteiger partial charge in [0.15, 0.2) is 8.67 Å². The molecule has 3 fully saturated rings. The van der Waals surface area contributed by atoms with Gasteiger partial charge in [-0.05, 0) is 109 Å². The molecule has 5 aliphatic rings. The average molecular weight is 1300 g/mol. The number of alkyl halides is 8. The Bertz CT molecular complexity index is 2290. The first-order chi connectivity index (χ1) is 36.5. The van der Waals surface area contributed by atoms with E-state index in [4.69, 9.17) is 158 Å². The number of aliphatic hydroxyl groups is 2. The summed E-state index contributed by atoms with van der Waals surface area (Å²) in [5.41, 5.74) is 2.01. The van der Waals surface area contributed by atoms with Gasteiger partial charge < -0.3 is 29.2 Å². The summed E-state index contributed by atoms with van der Waals surface area (Å²) in [7, 11) is 0. The second-order valence-electron chi connectivity index (χ2n) is 18.7. The van der Waals surface area contributed by atoms with Crippen molar-refractivity contribution in [3.8, 4) is 23.0 Å². The molecule has 428 valence electrons. The van der Waals surface area contributed by atoms with Gasteiger partial charge in [0, 0.05) is 5.41 Å². The van der Waals surface area contributed by atoms with E-state index in [0.717, 1.165) is 11.1 Å². The van der Waals surface area contributed by atoms with Crippen LogP contribution in [0.25, 0.3) is 0 Å². The molecule has 0 aliphatic heterocycles. The first-order valence-electron chi connectivity index (χ1n) is 26.3. The maximum absolute atomic E-state index is 10.2. The number of aliphatic hydroxyl groups excluding tert-OH is 2. The van der Waals surface area contributed by atoms with Gasteiger partial charge >= 0.3 is 0 Å². The molecule has 0 saturated heterocycles. The maximum Gasteiger partial charge on any atom is 0.166 e. The highest BCUT2D eigenvalue weighted by molar-refractivity contribution is 6.67. The maximum atomic E-state index is 10.2. The third-order valence-electron chi connectivity index (χ3n) is 14.5. The molecule has 18 heteroatoms. The molecule has 2 N–H and O–H groups in total. The molecule has 6 nitrogen and oxygen atoms in total. The standard InChI is InChI=1S/C33H36O6.C18H12Cl12.4C2H6/c1-33(2,25-13-17-31(18-14-25)38-23-27(34)21-36-29-9-5-3-6-10-29)26-15-19-32(20-16-26)39-24-28(35)22-37-30-11-7-4-8-12-30;19-9-10(20)15(25)7-3-4-8-6(2-1-5(7)13(9,23)17(15,27)28)14(24)11(21)12(22)16(8,26)18(14,29)30;4*1-2/h3-20,27-28,34-35H,21-24H2,1-2H3;5-8H,1-4H2;4*1-2H3. The molecule has 10 unspecified atom stereocenters. The fraction of sp³-hybridized carbons (Fsp3) is 0.525. The second-order valence-corrected chi connectivity index (χ2v) is 25.2. The van der Waals surface area contributed by atoms with Crippen LogP contribution in [0.5, 0.6) is 23.0 Å². The molecular formula is C59H72Cl12O6. The number of ether oxygens (including phenoxy) is 4. The summed E-state index contributed by atoms with van der Waals surface area (Å²) in [5, 5.41) is 21.1. The van der Waals surface area contributed by atoms with Crippen LogP contribution in [0.2, 0.25) is 0 Å². The lowest BCUT2D eigenvalue weighted by Gasteiger charge is -2.44. The van der Waals surface area contributed by atoms with Crippen molar-refractivity contribution in [1.29, 1.82) is 0 Å². The highest BCUT2D eigenvalue weighted by atomic mass is 35.5. The number of hydrogen-bond donors (Lipinski definition) is 2. The highest BCUT2D eigenvalue weighted by Crippen LogP contribution is 2.81. The average Bonchev–Trinajstić information content (AvgIpc) is 3.77. The van der Waals surface area contributed by atoms with Crippen LogP contribution in [0.15, 0.2) is 129 Å². The van der Waals surface area contributed by atoms with Crippen molar-refractivity contribution in [3.05, 3.63) is 140 Å². The molecule has 5 aliphatic carbocycles. The first kappa shape index (κ1) is 68.5. The van der Waals surface area contributed by atoms with E-state index in [-0.39, 0.29) is 75.6 Å². The van der Waals surface area contributed by atoms with Gasteiger partial charge in [0.1, 0.15) is 81.1 Å². The van der Waals surface area contributed by atoms with Crippen LogP contribution in [-0.2, 0) is 5.41 Å². The van der Waals surface area contributed by atoms with E-state index in [1.807, 2.05) is 165 Å². The number of para-hydroxylation sites is 2. The summed E-state index contributed by atoms with van der Waals surface area (Å²) in [6.45, 7) is 20.9. The minimum absolute atomic E-state index is 0.143. The molecule has 4 bridgehead atoms. The van der Waals surface area contributed by atoms with Crippen LogP contribution < -0.4 is 18.9 Å². The minimum atomic E-state index is -1.58. The van der Waals surface area contributed by atoms with Gasteiger partial charge in [-0.15, -0.1) is 46.4 Å². The molecule has 0 amide bonds. The lowest BCUT2D eigenvalue weighted by Crippen LogP contribution is -2.45. The quantitative estimate of drug-likeness (QED) is 0.123. The number of fused-ring (bicyclic) bond motifs is 10. The van der Waals surface area contributed by atoms with E-state index in [2.05, 4.69) is 13.8 Å². The van der Waals surface area contributed by atoms with Gasteiger partial charge in [-0.25, -0.2) is 0 Å². The highest BCUT2D eigenvalue weighted by Gasteiger charge is 2.85. The number of halogens is 12. The molecule has 0 radical (unpaired) electrons. The molecule has 9 rings (SSSR count). The summed E-state index contributed by atoms with van der Waals surface area (Å²) in [4.78, 5) is -5.28. The van der Waals surface area contributed by atoms with E-state index >= 15 is 0 Å². The van der Waals surface area contributed by atoms with Crippen LogP contribution in [0.4, 0.5) is 0 Å². The van der Waals surface area contributed by atoms with E-state index in [1.165, 1.54) is 0 Å². The Labute approximate surface area is 518 Å². The summed E-state index contributed by atoms with van der Waals surface area (Å²) in [5.74, 6) is 1.83. The smallest absolute Gasteiger partial charge is 0.166 e. The fourth-order valence-electron chi connectivity index (χ4n) is 10.7. The Morgan fingerprint density at radius 3 is 0.818 bits per heavy atom. The molecule has 10 atom stereocenters. The van der Waals surface area contributed by atoms with Crippen LogP contribution in [0, 0.1) is 23.7 Å². The van der Waals surface area contributed by atoms with E-state index < -0.39 is 40.4 Å². The number of allylic oxidation sites excluding steroid dienone is 4. The lowest BCUT2D eigenvalue weighted by molar-refractivity contribution is 0.0626. The molecule has 0 aromatic heterocycles. The Balaban J connectivity index is 0.000000301. The van der Waals surface area contributed by atoms with E-state index in [9.17, 15) is 10.2 Å². The number of benzene rings is 4. The zero-order valence-corrected chi connectivity index (χ0v) is 54.1. The van der Waals surface area contributed by atoms with Crippen LogP contribution in [0.3, 0.4) is 0 Å². The van der Waals surface area contributed by atoms with Crippen LogP contribution >= 0.6 is 139 Å². The normalized spacial score (nSPS) is 28.5. The molecule has 4 aromatic carbocycles. The second kappa shape index (κ2) is 29.0. The zero-order chi connectivity index (χ0) is 58.0. The van der Waals surface area contributed by atoms with Crippen molar-refractivity contribution >= 4 is 139 Å². The third kappa shape index (κ3) is 12.7. The summed E-state index contributed by atoms with van der Waals surface area (Å²) in [6, 6.07) is 34.6. The van der Waals surface area contributed by atoms with Crippen molar-refractivity contribution in [2.75, 3.05) is 26.4 Å². The molecule has 3 saturated carbocycles. The van der Waals surface area contributed by atoms with Crippen molar-refractivity contribution in [2.24, 2.45) is 23.7 Å². The zero-order valence-electron chi connectivity index (χ0n) is 45.1. The predicted octanol–water partition coefficient (Wildman–Crippen LogP) is 19.5. The number of hydrogen-bond acceptors (Lipinski definition) is 6. The lowest BCUT2D eigenvalue weighted by atomic mass is 9.67. The molecule has 77 heavy (non-hydrogen) atoms. The molecule has 0 spiro atoms. The number of rotatable bonds is 14. The fourth-order valence-corrected chi connectivity index (χ4v) is 17.0. The van der Waals surface area contributed by atoms with Crippen molar-refractivity contribution < 1.29 is 29.2 Å². The van der Waals surface area contributed by atoms with Crippen molar-refractivity contribution in [2.45, 2.75) is 141 Å². The Morgan fingerprint density at radius 1 is 0.390 bits per heavy atom. The van der Waals surface area contributed by atoms with Crippen molar-refractivity contribution in [1.82, 2.24) is 0 Å². The first-order valence-corrected chi connectivity index (χ1v) is 30.8. The minimum Gasteiger partial charge on any atom is -0.491 e. The van der Waals surface area contributed by atoms with Gasteiger partial charge in [0.2, 0.25) is 0 Å². The Kier molecular flexibility index (Phi) is 25.8. The van der Waals surface area contributed by atoms with Gasteiger partial charge in [-0.3, -0.25) is 0 Å². The topological polar surface area (TPSA) is 77.4 Å². The van der Waals surface area contributed by atoms with Gasteiger partial charge in [-0.2, -0.15) is 0 Å². The predicted molar refractivity (Wildman–Crippen MR) is 330 cm³/mol. The van der Waals surface area contributed by atoms with E-state index in [1.54, 1.807) is 0 Å². The van der Waals surface area contributed by atoms with Gasteiger partial charge in [0.05, 0.1) is 20.1 Å². The monoisotopic (exact) mass is 1300 g/mol. The summed E-state index contributed by atoms with van der Waals surface area (Å²) in [6.07, 6.45) is 0.743. The van der Waals surface area contributed by atoms with Crippen LogP contribution in [0.1, 0.15) is 106 Å². The summed E-state index contributed by atoms with van der Waals surface area (Å²) < 4.78 is 19.5. The third-order valence-corrected chi connectivity index (χ3v) is 23.2. The van der Waals surface area contributed by atoms with Gasteiger partial charge in [-0.1, -0.05) is 223 Å². The SMILES string of the molecule is CC.CC.CC.CC.CC(C)(c1ccc(OCC(O)COc2ccccc2)cc1)c1ccc(OCC(O)COc2ccccc2)cc1.ClC1=C(Cl)C2(Cl)C3CCC4C(CCC3C1(Cl)C2(Cl)Cl)C1(Cl)C(Cl)=C(Cl)C4(Cl)C1(Cl)Cl. The summed E-state index contributed by atoms with van der Waals surface area (Å²) >= 11 is 81.3. The van der Waals surface area contributed by atoms with E-state index in [0.29, 0.717) is 48.7 Å². The largest absolute Gasteiger partial charge is 0.491 e.